The summed E-state index contributed by atoms with van der Waals surface area (Å²) in [6.07, 6.45) is 73.6. The van der Waals surface area contributed by atoms with E-state index in [-0.39, 0.29) is 31.1 Å². The van der Waals surface area contributed by atoms with Gasteiger partial charge in [-0.1, -0.05) is 328 Å². The zero-order chi connectivity index (χ0) is 52.9. The third kappa shape index (κ3) is 60.9. The second-order valence-corrected chi connectivity index (χ2v) is 22.7. The number of esters is 3. The number of allylic oxidation sites excluding steroid dienone is 2. The highest BCUT2D eigenvalue weighted by atomic mass is 16.6. The van der Waals surface area contributed by atoms with Crippen LogP contribution in [-0.2, 0) is 28.6 Å². The molecule has 0 aliphatic rings. The number of unbranched alkanes of at least 4 members (excludes halogenated alkanes) is 49. The third-order valence-electron chi connectivity index (χ3n) is 15.3. The molecule has 1 unspecified atom stereocenters. The van der Waals surface area contributed by atoms with E-state index in [1.54, 1.807) is 0 Å². The van der Waals surface area contributed by atoms with E-state index in [0.29, 0.717) is 19.3 Å². The van der Waals surface area contributed by atoms with E-state index in [9.17, 15) is 14.4 Å². The minimum Gasteiger partial charge on any atom is -0.462 e. The van der Waals surface area contributed by atoms with Crippen LogP contribution in [0.4, 0.5) is 0 Å². The van der Waals surface area contributed by atoms with Gasteiger partial charge in [0.15, 0.2) is 6.10 Å². The van der Waals surface area contributed by atoms with Crippen molar-refractivity contribution in [3.8, 4) is 0 Å². The van der Waals surface area contributed by atoms with E-state index in [1.165, 1.54) is 276 Å². The lowest BCUT2D eigenvalue weighted by Crippen LogP contribution is -2.30. The minimum absolute atomic E-state index is 0.0667. The summed E-state index contributed by atoms with van der Waals surface area (Å²) in [6.45, 7) is 6.72. The van der Waals surface area contributed by atoms with Crippen molar-refractivity contribution in [2.24, 2.45) is 0 Å². The van der Waals surface area contributed by atoms with Crippen molar-refractivity contribution in [3.05, 3.63) is 12.2 Å². The van der Waals surface area contributed by atoms with Crippen molar-refractivity contribution >= 4 is 17.9 Å². The van der Waals surface area contributed by atoms with Gasteiger partial charge < -0.3 is 14.2 Å². The average Bonchev–Trinajstić information content (AvgIpc) is 3.39. The number of rotatable bonds is 62. The summed E-state index contributed by atoms with van der Waals surface area (Å²) < 4.78 is 17.0. The maximum absolute atomic E-state index is 12.9. The lowest BCUT2D eigenvalue weighted by molar-refractivity contribution is -0.167. The van der Waals surface area contributed by atoms with Crippen LogP contribution in [0.2, 0.25) is 0 Å². The van der Waals surface area contributed by atoms with Crippen molar-refractivity contribution in [2.75, 3.05) is 13.2 Å². The molecule has 6 nitrogen and oxygen atoms in total. The van der Waals surface area contributed by atoms with Gasteiger partial charge in [-0.15, -0.1) is 0 Å². The molecule has 0 heterocycles. The molecule has 6 heteroatoms. The average molecular weight is 1030 g/mol. The smallest absolute Gasteiger partial charge is 0.306 e. The number of hydrogen-bond acceptors (Lipinski definition) is 6. The number of carbonyl (C=O) groups is 3. The molecule has 0 fully saturated rings. The summed E-state index contributed by atoms with van der Waals surface area (Å²) >= 11 is 0. The molecule has 0 saturated carbocycles. The van der Waals surface area contributed by atoms with Crippen LogP contribution in [-0.4, -0.2) is 37.2 Å². The molecule has 0 aliphatic heterocycles. The fourth-order valence-corrected chi connectivity index (χ4v) is 10.3. The first-order valence-corrected chi connectivity index (χ1v) is 33.2. The molecule has 432 valence electrons. The zero-order valence-electron chi connectivity index (χ0n) is 49.7. The quantitative estimate of drug-likeness (QED) is 0.0261. The van der Waals surface area contributed by atoms with Crippen LogP contribution in [0, 0.1) is 0 Å². The molecule has 0 saturated heterocycles. The van der Waals surface area contributed by atoms with Crippen LogP contribution in [0.3, 0.4) is 0 Å². The van der Waals surface area contributed by atoms with Crippen LogP contribution in [0.25, 0.3) is 0 Å². The molecule has 0 aromatic rings. The fraction of sp³-hybridized carbons (Fsp3) is 0.925. The summed E-state index contributed by atoms with van der Waals surface area (Å²) in [6, 6.07) is 0. The van der Waals surface area contributed by atoms with Crippen molar-refractivity contribution in [1.29, 1.82) is 0 Å². The topological polar surface area (TPSA) is 78.9 Å². The summed E-state index contributed by atoms with van der Waals surface area (Å²) in [7, 11) is 0. The van der Waals surface area contributed by atoms with Crippen LogP contribution >= 0.6 is 0 Å². The second-order valence-electron chi connectivity index (χ2n) is 22.7. The van der Waals surface area contributed by atoms with Gasteiger partial charge in [0.2, 0.25) is 0 Å². The molecule has 0 bridgehead atoms. The Labute approximate surface area is 456 Å². The van der Waals surface area contributed by atoms with Crippen LogP contribution in [0.1, 0.15) is 380 Å². The molecule has 1 atom stereocenters. The first-order valence-electron chi connectivity index (χ1n) is 33.2. The summed E-state index contributed by atoms with van der Waals surface area (Å²) in [5, 5.41) is 0. The van der Waals surface area contributed by atoms with Gasteiger partial charge in [-0.3, -0.25) is 14.4 Å². The highest BCUT2D eigenvalue weighted by Gasteiger charge is 2.19. The maximum Gasteiger partial charge on any atom is 0.306 e. The Kier molecular flexibility index (Phi) is 61.1. The van der Waals surface area contributed by atoms with E-state index in [1.807, 2.05) is 0 Å². The molecule has 0 rings (SSSR count). The van der Waals surface area contributed by atoms with Crippen molar-refractivity contribution in [1.82, 2.24) is 0 Å². The highest BCUT2D eigenvalue weighted by Crippen LogP contribution is 2.18. The minimum atomic E-state index is -0.770. The molecular weight excluding hydrogens is 901 g/mol. The standard InChI is InChI=1S/C67H128O6/c1-4-7-10-13-16-19-22-25-28-31-34-37-39-42-45-48-51-54-57-60-66(69)72-63-64(73-67(70)61-58-55-52-49-46-43-40-36-33-30-27-24-21-18-15-12-9-6-3)62-71-65(68)59-56-53-50-47-44-41-38-35-32-29-26-23-20-17-14-11-8-5-2/h36,40,64H,4-35,37-39,41-63H2,1-3H3/b40-36-. The molecular formula is C67H128O6. The van der Waals surface area contributed by atoms with E-state index in [4.69, 9.17) is 14.2 Å². The van der Waals surface area contributed by atoms with Gasteiger partial charge in [0.1, 0.15) is 13.2 Å². The molecule has 0 aromatic carbocycles. The van der Waals surface area contributed by atoms with Crippen molar-refractivity contribution in [3.63, 3.8) is 0 Å². The number of ether oxygens (including phenoxy) is 3. The van der Waals surface area contributed by atoms with E-state index < -0.39 is 6.10 Å². The summed E-state index contributed by atoms with van der Waals surface area (Å²) in [4.78, 5) is 38.4. The molecule has 0 spiro atoms. The largest absolute Gasteiger partial charge is 0.462 e. The first kappa shape index (κ1) is 71.2. The van der Waals surface area contributed by atoms with Gasteiger partial charge in [-0.2, -0.15) is 0 Å². The SMILES string of the molecule is CCCCCCCCCCC/C=C\CCCCCCCC(=O)OC(COC(=O)CCCCCCCCCCCCCCCCCCCC)COC(=O)CCCCCCCCCCCCCCCCCCCCC. The fourth-order valence-electron chi connectivity index (χ4n) is 10.3. The number of carbonyl (C=O) groups excluding carboxylic acids is 3. The lowest BCUT2D eigenvalue weighted by Gasteiger charge is -2.18. The Morgan fingerprint density at radius 1 is 0.260 bits per heavy atom. The normalized spacial score (nSPS) is 12.0. The van der Waals surface area contributed by atoms with Crippen LogP contribution in [0.5, 0.6) is 0 Å². The van der Waals surface area contributed by atoms with Gasteiger partial charge >= 0.3 is 17.9 Å². The zero-order valence-corrected chi connectivity index (χ0v) is 49.7. The Bertz CT molecular complexity index is 1130. The van der Waals surface area contributed by atoms with Crippen LogP contribution in [0.15, 0.2) is 12.2 Å². The highest BCUT2D eigenvalue weighted by molar-refractivity contribution is 5.71. The molecule has 0 aromatic heterocycles. The monoisotopic (exact) mass is 1030 g/mol. The van der Waals surface area contributed by atoms with Gasteiger partial charge in [0.05, 0.1) is 0 Å². The van der Waals surface area contributed by atoms with Crippen molar-refractivity contribution < 1.29 is 28.6 Å². The third-order valence-corrected chi connectivity index (χ3v) is 15.3. The predicted molar refractivity (Wildman–Crippen MR) is 317 cm³/mol. The van der Waals surface area contributed by atoms with Gasteiger partial charge in [0.25, 0.3) is 0 Å². The lowest BCUT2D eigenvalue weighted by atomic mass is 10.0. The van der Waals surface area contributed by atoms with Gasteiger partial charge in [-0.05, 0) is 44.9 Å². The summed E-state index contributed by atoms with van der Waals surface area (Å²) in [5.74, 6) is -0.841. The van der Waals surface area contributed by atoms with Gasteiger partial charge in [-0.25, -0.2) is 0 Å². The Balaban J connectivity index is 4.31. The first-order chi connectivity index (χ1) is 36.0. The predicted octanol–water partition coefficient (Wildman–Crippen LogP) is 22.4. The molecule has 0 N–H and O–H groups in total. The Hall–Kier alpha value is -1.85. The van der Waals surface area contributed by atoms with E-state index >= 15 is 0 Å². The molecule has 73 heavy (non-hydrogen) atoms. The van der Waals surface area contributed by atoms with E-state index in [2.05, 4.69) is 32.9 Å². The van der Waals surface area contributed by atoms with E-state index in [0.717, 1.165) is 64.2 Å². The van der Waals surface area contributed by atoms with Crippen LogP contribution < -0.4 is 0 Å². The maximum atomic E-state index is 12.9. The number of hydrogen-bond donors (Lipinski definition) is 0. The molecule has 0 aliphatic carbocycles. The molecule has 0 radical (unpaired) electrons. The van der Waals surface area contributed by atoms with Crippen molar-refractivity contribution in [2.45, 2.75) is 386 Å². The Morgan fingerprint density at radius 2 is 0.452 bits per heavy atom. The summed E-state index contributed by atoms with van der Waals surface area (Å²) in [5.41, 5.74) is 0. The molecule has 0 amide bonds. The van der Waals surface area contributed by atoms with Gasteiger partial charge in [0, 0.05) is 19.3 Å². The second kappa shape index (κ2) is 62.7. The Morgan fingerprint density at radius 3 is 0.685 bits per heavy atom.